The first kappa shape index (κ1) is 14.8. The number of benzene rings is 1. The van der Waals surface area contributed by atoms with E-state index < -0.39 is 0 Å². The molecular weight excluding hydrogens is 346 g/mol. The Morgan fingerprint density at radius 3 is 2.75 bits per heavy atom. The Labute approximate surface area is 129 Å². The summed E-state index contributed by atoms with van der Waals surface area (Å²) in [6.45, 7) is -0.0407. The lowest BCUT2D eigenvalue weighted by Gasteiger charge is -2.07. The number of carbonyl (C=O) groups excluding carboxylic acids is 1. The van der Waals surface area contributed by atoms with Crippen LogP contribution in [0, 0.1) is 0 Å². The minimum atomic E-state index is -0.235. The molecule has 2 rings (SSSR count). The van der Waals surface area contributed by atoms with E-state index in [-0.39, 0.29) is 17.9 Å². The molecule has 0 radical (unpaired) electrons. The molecule has 1 aromatic carbocycles. The van der Waals surface area contributed by atoms with Crippen LogP contribution >= 0.6 is 27.5 Å². The molecule has 0 aliphatic rings. The number of rotatable bonds is 4. The molecule has 20 heavy (non-hydrogen) atoms. The zero-order valence-electron chi connectivity index (χ0n) is 10.6. The first-order valence-corrected chi connectivity index (χ1v) is 6.91. The molecule has 0 amide bonds. The summed E-state index contributed by atoms with van der Waals surface area (Å²) in [5, 5.41) is 0.361. The molecule has 0 saturated heterocycles. The van der Waals surface area contributed by atoms with E-state index in [1.165, 1.54) is 23.8 Å². The zero-order chi connectivity index (χ0) is 14.7. The van der Waals surface area contributed by atoms with Crippen molar-refractivity contribution in [3.63, 3.8) is 0 Å². The van der Waals surface area contributed by atoms with Gasteiger partial charge >= 0.3 is 0 Å². The number of carbonyl (C=O) groups is 1. The van der Waals surface area contributed by atoms with Gasteiger partial charge in [0.25, 0.3) is 5.56 Å². The summed E-state index contributed by atoms with van der Waals surface area (Å²) in [7, 11) is 1.50. The van der Waals surface area contributed by atoms with Gasteiger partial charge in [0, 0.05) is 22.3 Å². The third kappa shape index (κ3) is 3.29. The van der Waals surface area contributed by atoms with Crippen LogP contribution in [-0.2, 0) is 6.54 Å². The maximum atomic E-state index is 12.2. The highest BCUT2D eigenvalue weighted by atomic mass is 79.9. The Morgan fingerprint density at radius 2 is 2.10 bits per heavy atom. The van der Waals surface area contributed by atoms with Gasteiger partial charge in [-0.2, -0.15) is 0 Å². The third-order valence-electron chi connectivity index (χ3n) is 2.74. The summed E-state index contributed by atoms with van der Waals surface area (Å²) in [5.41, 5.74) is 0.198. The first-order chi connectivity index (χ1) is 9.51. The topological polar surface area (TPSA) is 48.3 Å². The number of hydrogen-bond donors (Lipinski definition) is 0. The summed E-state index contributed by atoms with van der Waals surface area (Å²) in [6, 6.07) is 7.81. The van der Waals surface area contributed by atoms with Gasteiger partial charge in [0.2, 0.25) is 0 Å². The molecule has 1 heterocycles. The Bertz CT molecular complexity index is 712. The monoisotopic (exact) mass is 355 g/mol. The van der Waals surface area contributed by atoms with E-state index in [4.69, 9.17) is 16.3 Å². The highest BCUT2D eigenvalue weighted by Gasteiger charge is 2.10. The molecule has 6 heteroatoms. The fourth-order valence-electron chi connectivity index (χ4n) is 1.71. The lowest BCUT2D eigenvalue weighted by Crippen LogP contribution is -2.22. The van der Waals surface area contributed by atoms with Crippen molar-refractivity contribution in [2.75, 3.05) is 7.11 Å². The van der Waals surface area contributed by atoms with Crippen LogP contribution in [0.3, 0.4) is 0 Å². The fourth-order valence-corrected chi connectivity index (χ4v) is 2.35. The highest BCUT2D eigenvalue weighted by molar-refractivity contribution is 9.10. The average molecular weight is 357 g/mol. The van der Waals surface area contributed by atoms with Crippen LogP contribution in [-0.4, -0.2) is 17.5 Å². The quantitative estimate of drug-likeness (QED) is 0.791. The van der Waals surface area contributed by atoms with Crippen molar-refractivity contribution in [3.05, 3.63) is 61.9 Å². The molecule has 104 valence electrons. The van der Waals surface area contributed by atoms with Gasteiger partial charge in [0.15, 0.2) is 5.78 Å². The number of aromatic nitrogens is 1. The first-order valence-electron chi connectivity index (χ1n) is 5.74. The summed E-state index contributed by atoms with van der Waals surface area (Å²) >= 11 is 9.24. The summed E-state index contributed by atoms with van der Waals surface area (Å²) in [5.74, 6) is 0.303. The number of halogens is 2. The van der Waals surface area contributed by atoms with Crippen LogP contribution < -0.4 is 10.3 Å². The second-order valence-electron chi connectivity index (χ2n) is 4.09. The smallest absolute Gasteiger partial charge is 0.251 e. The molecule has 0 spiro atoms. The van der Waals surface area contributed by atoms with Gasteiger partial charge in [-0.05, 0) is 40.2 Å². The second-order valence-corrected chi connectivity index (χ2v) is 5.41. The average Bonchev–Trinajstić information content (AvgIpc) is 2.42. The number of Topliss-reactive ketones (excluding diaryl/α,β-unsaturated/α-hetero) is 1. The van der Waals surface area contributed by atoms with E-state index >= 15 is 0 Å². The highest BCUT2D eigenvalue weighted by Crippen LogP contribution is 2.25. The summed E-state index contributed by atoms with van der Waals surface area (Å²) < 4.78 is 7.10. The van der Waals surface area contributed by atoms with Crippen molar-refractivity contribution in [2.45, 2.75) is 6.54 Å². The van der Waals surface area contributed by atoms with Crippen LogP contribution in [0.1, 0.15) is 10.4 Å². The van der Waals surface area contributed by atoms with Crippen LogP contribution in [0.25, 0.3) is 0 Å². The molecule has 4 nitrogen and oxygen atoms in total. The molecule has 0 atom stereocenters. The van der Waals surface area contributed by atoms with E-state index in [1.807, 2.05) is 0 Å². The molecule has 0 unspecified atom stereocenters. The maximum Gasteiger partial charge on any atom is 0.251 e. The lowest BCUT2D eigenvalue weighted by molar-refractivity contribution is 0.0971. The van der Waals surface area contributed by atoms with Crippen molar-refractivity contribution in [1.29, 1.82) is 0 Å². The van der Waals surface area contributed by atoms with Gasteiger partial charge in [-0.3, -0.25) is 9.59 Å². The predicted molar refractivity (Wildman–Crippen MR) is 80.7 cm³/mol. The summed E-state index contributed by atoms with van der Waals surface area (Å²) in [4.78, 5) is 23.8. The molecule has 0 fully saturated rings. The zero-order valence-corrected chi connectivity index (χ0v) is 12.9. The number of pyridine rings is 1. The number of nitrogens with zero attached hydrogens (tertiary/aromatic N) is 1. The minimum absolute atomic E-state index is 0.0407. The third-order valence-corrected chi connectivity index (χ3v) is 3.50. The van der Waals surface area contributed by atoms with Crippen LogP contribution in [0.15, 0.2) is 45.8 Å². The SMILES string of the molecule is COc1ccc(C(=O)Cn2cc(Br)ccc2=O)cc1Cl. The molecule has 1 aromatic heterocycles. The van der Waals surface area contributed by atoms with Gasteiger partial charge in [-0.1, -0.05) is 11.6 Å². The van der Waals surface area contributed by atoms with Gasteiger partial charge in [0.05, 0.1) is 18.7 Å². The number of ketones is 1. The standard InChI is InChI=1S/C14H11BrClNO3/c1-20-13-4-2-9(6-11(13)16)12(18)8-17-7-10(15)3-5-14(17)19/h2-7H,8H2,1H3. The minimum Gasteiger partial charge on any atom is -0.495 e. The van der Waals surface area contributed by atoms with E-state index in [1.54, 1.807) is 24.4 Å². The molecular formula is C14H11BrClNO3. The second kappa shape index (κ2) is 6.24. The molecule has 0 saturated carbocycles. The van der Waals surface area contributed by atoms with E-state index in [0.717, 1.165) is 4.47 Å². The maximum absolute atomic E-state index is 12.2. The van der Waals surface area contributed by atoms with E-state index in [0.29, 0.717) is 16.3 Å². The van der Waals surface area contributed by atoms with Gasteiger partial charge in [0.1, 0.15) is 5.75 Å². The van der Waals surface area contributed by atoms with Gasteiger partial charge < -0.3 is 9.30 Å². The molecule has 0 bridgehead atoms. The molecule has 0 aliphatic carbocycles. The number of hydrogen-bond acceptors (Lipinski definition) is 3. The van der Waals surface area contributed by atoms with Crippen molar-refractivity contribution in [1.82, 2.24) is 4.57 Å². The normalized spacial score (nSPS) is 10.3. The Morgan fingerprint density at radius 1 is 1.35 bits per heavy atom. The molecule has 2 aromatic rings. The fraction of sp³-hybridized carbons (Fsp3) is 0.143. The van der Waals surface area contributed by atoms with Crippen molar-refractivity contribution in [2.24, 2.45) is 0 Å². The Kier molecular flexibility index (Phi) is 4.62. The molecule has 0 N–H and O–H groups in total. The summed E-state index contributed by atoms with van der Waals surface area (Å²) in [6.07, 6.45) is 1.57. The number of methoxy groups -OCH3 is 1. The molecule has 0 aliphatic heterocycles. The van der Waals surface area contributed by atoms with Crippen molar-refractivity contribution >= 4 is 33.3 Å². The van der Waals surface area contributed by atoms with Gasteiger partial charge in [-0.25, -0.2) is 0 Å². The van der Waals surface area contributed by atoms with Gasteiger partial charge in [-0.15, -0.1) is 0 Å². The van der Waals surface area contributed by atoms with Crippen molar-refractivity contribution in [3.8, 4) is 5.75 Å². The Balaban J connectivity index is 2.26. The largest absolute Gasteiger partial charge is 0.495 e. The van der Waals surface area contributed by atoms with E-state index in [9.17, 15) is 9.59 Å². The van der Waals surface area contributed by atoms with Crippen molar-refractivity contribution < 1.29 is 9.53 Å². The Hall–Kier alpha value is -1.59. The van der Waals surface area contributed by atoms with Crippen LogP contribution in [0.2, 0.25) is 5.02 Å². The number of ether oxygens (including phenoxy) is 1. The van der Waals surface area contributed by atoms with Crippen LogP contribution in [0.5, 0.6) is 5.75 Å². The van der Waals surface area contributed by atoms with Crippen LogP contribution in [0.4, 0.5) is 0 Å². The lowest BCUT2D eigenvalue weighted by atomic mass is 10.1. The van der Waals surface area contributed by atoms with E-state index in [2.05, 4.69) is 15.9 Å². The predicted octanol–water partition coefficient (Wildman–Crippen LogP) is 3.16.